The van der Waals surface area contributed by atoms with E-state index in [-0.39, 0.29) is 18.2 Å². The van der Waals surface area contributed by atoms with Crippen LogP contribution < -0.4 is 0 Å². The number of ether oxygens (including phenoxy) is 1. The number of hydrogen-bond acceptors (Lipinski definition) is 8. The summed E-state index contributed by atoms with van der Waals surface area (Å²) in [6.07, 6.45) is 0. The lowest BCUT2D eigenvalue weighted by atomic mass is 10.1. The number of nitro groups is 1. The van der Waals surface area contributed by atoms with E-state index >= 15 is 0 Å². The fourth-order valence-corrected chi connectivity index (χ4v) is 1.86. The zero-order valence-corrected chi connectivity index (χ0v) is 12.5. The number of carbonyl (C=O) groups is 1. The van der Waals surface area contributed by atoms with Crippen molar-refractivity contribution in [1.29, 1.82) is 0 Å². The maximum Gasteiger partial charge on any atom is 0.433 e. The third kappa shape index (κ3) is 3.29. The molecule has 3 rings (SSSR count). The molecule has 0 fully saturated rings. The number of furan rings is 1. The predicted molar refractivity (Wildman–Crippen MR) is 79.0 cm³/mol. The molecule has 0 aliphatic rings. The number of nitrogens with zero attached hydrogens (tertiary/aromatic N) is 3. The van der Waals surface area contributed by atoms with Gasteiger partial charge in [0.1, 0.15) is 4.92 Å². The van der Waals surface area contributed by atoms with Gasteiger partial charge in [-0.25, -0.2) is 4.79 Å². The minimum atomic E-state index is -0.857. The molecule has 9 heteroatoms. The standard InChI is InChI=1S/C15H11N3O6/c1-9-2-4-10(5-3-9)14-16-12(17-24-14)8-22-15(19)11-6-7-13(23-11)18(20)21/h2-7H,8H2,1H3. The minimum absolute atomic E-state index is 0.167. The first-order valence-corrected chi connectivity index (χ1v) is 6.84. The Morgan fingerprint density at radius 3 is 2.67 bits per heavy atom. The molecule has 0 bridgehead atoms. The van der Waals surface area contributed by atoms with Crippen LogP contribution in [0, 0.1) is 17.0 Å². The molecule has 122 valence electrons. The Morgan fingerprint density at radius 1 is 1.25 bits per heavy atom. The van der Waals surface area contributed by atoms with Crippen molar-refractivity contribution in [3.63, 3.8) is 0 Å². The summed E-state index contributed by atoms with van der Waals surface area (Å²) in [5, 5.41) is 14.2. The predicted octanol–water partition coefficient (Wildman–Crippen LogP) is 2.90. The van der Waals surface area contributed by atoms with Gasteiger partial charge in [0.15, 0.2) is 6.61 Å². The molecule has 0 N–H and O–H groups in total. The van der Waals surface area contributed by atoms with Crippen LogP contribution in [0.4, 0.5) is 5.88 Å². The molecule has 0 atom stereocenters. The molecule has 1 aromatic carbocycles. The highest BCUT2D eigenvalue weighted by Gasteiger charge is 2.19. The van der Waals surface area contributed by atoms with Crippen molar-refractivity contribution in [1.82, 2.24) is 10.1 Å². The summed E-state index contributed by atoms with van der Waals surface area (Å²) < 4.78 is 14.8. The number of aromatic nitrogens is 2. The number of carbonyl (C=O) groups excluding carboxylic acids is 1. The van der Waals surface area contributed by atoms with E-state index < -0.39 is 16.8 Å². The van der Waals surface area contributed by atoms with Crippen molar-refractivity contribution < 1.29 is 23.4 Å². The fourth-order valence-electron chi connectivity index (χ4n) is 1.86. The Kier molecular flexibility index (Phi) is 4.06. The van der Waals surface area contributed by atoms with E-state index in [0.29, 0.717) is 5.89 Å². The molecular formula is C15H11N3O6. The summed E-state index contributed by atoms with van der Waals surface area (Å²) in [7, 11) is 0. The fraction of sp³-hybridized carbons (Fsp3) is 0.133. The second-order valence-electron chi connectivity index (χ2n) is 4.85. The molecule has 3 aromatic rings. The highest BCUT2D eigenvalue weighted by molar-refractivity contribution is 5.86. The van der Waals surface area contributed by atoms with E-state index in [2.05, 4.69) is 10.1 Å². The molecule has 2 heterocycles. The summed E-state index contributed by atoms with van der Waals surface area (Å²) >= 11 is 0. The summed E-state index contributed by atoms with van der Waals surface area (Å²) in [6, 6.07) is 9.71. The van der Waals surface area contributed by atoms with E-state index in [1.807, 2.05) is 31.2 Å². The number of aryl methyl sites for hydroxylation is 1. The summed E-state index contributed by atoms with van der Waals surface area (Å²) in [5.74, 6) is -1.20. The zero-order valence-electron chi connectivity index (χ0n) is 12.5. The van der Waals surface area contributed by atoms with Crippen LogP contribution >= 0.6 is 0 Å². The van der Waals surface area contributed by atoms with E-state index in [1.165, 1.54) is 0 Å². The van der Waals surface area contributed by atoms with E-state index in [0.717, 1.165) is 23.3 Å². The number of rotatable bonds is 5. The second kappa shape index (κ2) is 6.32. The molecule has 0 saturated carbocycles. The maximum atomic E-state index is 11.7. The van der Waals surface area contributed by atoms with Crippen LogP contribution in [0.2, 0.25) is 0 Å². The van der Waals surface area contributed by atoms with Crippen molar-refractivity contribution >= 4 is 11.9 Å². The minimum Gasteiger partial charge on any atom is -0.451 e. The van der Waals surface area contributed by atoms with Gasteiger partial charge in [0.25, 0.3) is 5.89 Å². The molecule has 0 amide bonds. The highest BCUT2D eigenvalue weighted by Crippen LogP contribution is 2.19. The molecule has 0 spiro atoms. The van der Waals surface area contributed by atoms with E-state index in [9.17, 15) is 14.9 Å². The number of benzene rings is 1. The first-order valence-electron chi connectivity index (χ1n) is 6.84. The van der Waals surface area contributed by atoms with Gasteiger partial charge in [0.05, 0.1) is 6.07 Å². The van der Waals surface area contributed by atoms with Crippen LogP contribution in [-0.2, 0) is 11.3 Å². The molecule has 0 radical (unpaired) electrons. The van der Waals surface area contributed by atoms with Crippen LogP contribution in [-0.4, -0.2) is 21.0 Å². The van der Waals surface area contributed by atoms with Crippen molar-refractivity contribution in [3.8, 4) is 11.5 Å². The average molecular weight is 329 g/mol. The quantitative estimate of drug-likeness (QED) is 0.398. The highest BCUT2D eigenvalue weighted by atomic mass is 16.7. The van der Waals surface area contributed by atoms with E-state index in [1.54, 1.807) is 0 Å². The molecule has 2 aromatic heterocycles. The van der Waals surface area contributed by atoms with E-state index in [4.69, 9.17) is 13.7 Å². The summed E-state index contributed by atoms with van der Waals surface area (Å²) in [5.41, 5.74) is 1.84. The van der Waals surface area contributed by atoms with Gasteiger partial charge in [0.2, 0.25) is 11.6 Å². The van der Waals surface area contributed by atoms with Crippen molar-refractivity contribution in [2.24, 2.45) is 0 Å². The van der Waals surface area contributed by atoms with Gasteiger partial charge in [-0.1, -0.05) is 22.9 Å². The monoisotopic (exact) mass is 329 g/mol. The van der Waals surface area contributed by atoms with Crippen LogP contribution in [0.5, 0.6) is 0 Å². The van der Waals surface area contributed by atoms with Gasteiger partial charge in [-0.3, -0.25) is 10.1 Å². The summed E-state index contributed by atoms with van der Waals surface area (Å²) in [6.45, 7) is 1.71. The third-order valence-electron chi connectivity index (χ3n) is 3.07. The Balaban J connectivity index is 1.63. The van der Waals surface area contributed by atoms with Gasteiger partial charge in [-0.05, 0) is 25.1 Å². The zero-order chi connectivity index (χ0) is 17.1. The topological polar surface area (TPSA) is 122 Å². The molecule has 0 aliphatic carbocycles. The van der Waals surface area contributed by atoms with Gasteiger partial charge >= 0.3 is 11.9 Å². The van der Waals surface area contributed by atoms with Crippen molar-refractivity contribution in [2.75, 3.05) is 0 Å². The van der Waals surface area contributed by atoms with Crippen molar-refractivity contribution in [3.05, 3.63) is 63.7 Å². The second-order valence-corrected chi connectivity index (χ2v) is 4.85. The Hall–Kier alpha value is -3.49. The summed E-state index contributed by atoms with van der Waals surface area (Å²) in [4.78, 5) is 25.6. The van der Waals surface area contributed by atoms with Gasteiger partial charge in [-0.15, -0.1) is 0 Å². The lowest BCUT2D eigenvalue weighted by Crippen LogP contribution is -2.05. The van der Waals surface area contributed by atoms with Crippen molar-refractivity contribution in [2.45, 2.75) is 13.5 Å². The first kappa shape index (κ1) is 15.4. The number of esters is 1. The lowest BCUT2D eigenvalue weighted by Gasteiger charge is -1.97. The molecule has 9 nitrogen and oxygen atoms in total. The van der Waals surface area contributed by atoms with Crippen LogP contribution in [0.25, 0.3) is 11.5 Å². The Bertz CT molecular complexity index is 881. The normalized spacial score (nSPS) is 10.5. The largest absolute Gasteiger partial charge is 0.451 e. The van der Waals surface area contributed by atoms with Crippen LogP contribution in [0.15, 0.2) is 45.3 Å². The molecular weight excluding hydrogens is 318 g/mol. The Morgan fingerprint density at radius 2 is 2.00 bits per heavy atom. The lowest BCUT2D eigenvalue weighted by molar-refractivity contribution is -0.402. The maximum absolute atomic E-state index is 11.7. The molecule has 0 saturated heterocycles. The third-order valence-corrected chi connectivity index (χ3v) is 3.07. The average Bonchev–Trinajstić information content (AvgIpc) is 3.23. The molecule has 0 aliphatic heterocycles. The smallest absolute Gasteiger partial charge is 0.433 e. The number of hydrogen-bond donors (Lipinski definition) is 0. The van der Waals surface area contributed by atoms with Gasteiger partial charge < -0.3 is 13.7 Å². The van der Waals surface area contributed by atoms with Gasteiger partial charge in [0, 0.05) is 5.56 Å². The van der Waals surface area contributed by atoms with Crippen LogP contribution in [0.1, 0.15) is 21.9 Å². The molecule has 24 heavy (non-hydrogen) atoms. The van der Waals surface area contributed by atoms with Crippen LogP contribution in [0.3, 0.4) is 0 Å². The first-order chi connectivity index (χ1) is 11.5. The molecule has 0 unspecified atom stereocenters. The SMILES string of the molecule is Cc1ccc(-c2nc(COC(=O)c3ccc([N+](=O)[O-])o3)no2)cc1. The Labute approximate surface area is 135 Å². The van der Waals surface area contributed by atoms with Gasteiger partial charge in [-0.2, -0.15) is 4.98 Å².